The van der Waals surface area contributed by atoms with Gasteiger partial charge in [-0.3, -0.25) is 14.4 Å². The largest absolute Gasteiger partial charge is 0.480 e. The first-order chi connectivity index (χ1) is 19.2. The van der Waals surface area contributed by atoms with E-state index in [0.717, 1.165) is 22.0 Å². The number of fused-ring (bicyclic) bond motifs is 1. The molecule has 10 nitrogen and oxygen atoms in total. The number of carboxylic acids is 1. The number of thioether (sulfide) groups is 1. The fraction of sp³-hybridized carbons (Fsp3) is 0.357. The predicted octanol–water partition coefficient (Wildman–Crippen LogP) is 1.50. The zero-order valence-electron chi connectivity index (χ0n) is 22.1. The quantitative estimate of drug-likeness (QED) is 0.133. The van der Waals surface area contributed by atoms with Crippen molar-refractivity contribution in [1.29, 1.82) is 0 Å². The number of amides is 3. The monoisotopic (exact) mass is 585 g/mol. The highest BCUT2D eigenvalue weighted by Gasteiger charge is 2.30. The molecule has 0 saturated carbocycles. The van der Waals surface area contributed by atoms with Crippen LogP contribution in [0.2, 0.25) is 0 Å². The van der Waals surface area contributed by atoms with E-state index in [4.69, 9.17) is 5.73 Å². The Bertz CT molecular complexity index is 1300. The molecule has 3 aromatic rings. The van der Waals surface area contributed by atoms with E-state index in [1.165, 1.54) is 0 Å². The van der Waals surface area contributed by atoms with E-state index in [1.54, 1.807) is 42.2 Å². The molecule has 4 atom stereocenters. The maximum absolute atomic E-state index is 13.5. The number of H-pyrrole nitrogens is 1. The number of aliphatic carboxylic acids is 1. The number of benzene rings is 2. The fourth-order valence-electron chi connectivity index (χ4n) is 4.17. The number of carboxylic acid groups (broad SMARTS) is 1. The molecule has 7 N–H and O–H groups in total. The molecule has 4 unspecified atom stereocenters. The van der Waals surface area contributed by atoms with Crippen molar-refractivity contribution < 1.29 is 24.3 Å². The summed E-state index contributed by atoms with van der Waals surface area (Å²) in [6.07, 6.45) is 4.34. The van der Waals surface area contributed by atoms with E-state index in [-0.39, 0.29) is 18.6 Å². The molecule has 214 valence electrons. The average molecular weight is 586 g/mol. The highest BCUT2D eigenvalue weighted by molar-refractivity contribution is 7.98. The lowest BCUT2D eigenvalue weighted by Gasteiger charge is -2.24. The second-order valence-corrected chi connectivity index (χ2v) is 10.7. The van der Waals surface area contributed by atoms with Gasteiger partial charge in [-0.15, -0.1) is 0 Å². The van der Waals surface area contributed by atoms with E-state index in [1.807, 2.05) is 36.6 Å². The van der Waals surface area contributed by atoms with Gasteiger partial charge in [0.05, 0.1) is 6.04 Å². The van der Waals surface area contributed by atoms with Crippen LogP contribution in [0.3, 0.4) is 0 Å². The predicted molar refractivity (Wildman–Crippen MR) is 160 cm³/mol. The topological polar surface area (TPSA) is 166 Å². The summed E-state index contributed by atoms with van der Waals surface area (Å²) in [6, 6.07) is 12.3. The van der Waals surface area contributed by atoms with Crippen LogP contribution in [0.1, 0.15) is 17.5 Å². The summed E-state index contributed by atoms with van der Waals surface area (Å²) in [5.74, 6) is -2.39. The summed E-state index contributed by atoms with van der Waals surface area (Å²) in [5.41, 5.74) is 8.46. The van der Waals surface area contributed by atoms with Crippen molar-refractivity contribution >= 4 is 59.0 Å². The maximum Gasteiger partial charge on any atom is 0.326 e. The Kier molecular flexibility index (Phi) is 11.9. The van der Waals surface area contributed by atoms with Crippen LogP contribution < -0.4 is 21.7 Å². The minimum atomic E-state index is -1.20. The lowest BCUT2D eigenvalue weighted by atomic mass is 10.0. The Morgan fingerprint density at radius 1 is 0.900 bits per heavy atom. The molecule has 0 aliphatic heterocycles. The van der Waals surface area contributed by atoms with Gasteiger partial charge in [-0.2, -0.15) is 24.4 Å². The third kappa shape index (κ3) is 8.77. The molecule has 1 heterocycles. The molecule has 40 heavy (non-hydrogen) atoms. The van der Waals surface area contributed by atoms with Crippen LogP contribution in [-0.2, 0) is 32.0 Å². The van der Waals surface area contributed by atoms with Crippen molar-refractivity contribution in [3.63, 3.8) is 0 Å². The number of carbonyl (C=O) groups excluding carboxylic acids is 3. The van der Waals surface area contributed by atoms with Gasteiger partial charge in [0.15, 0.2) is 0 Å². The number of para-hydroxylation sites is 1. The highest BCUT2D eigenvalue weighted by Crippen LogP contribution is 2.19. The van der Waals surface area contributed by atoms with E-state index in [9.17, 15) is 24.3 Å². The molecular weight excluding hydrogens is 550 g/mol. The second-order valence-electron chi connectivity index (χ2n) is 9.35. The zero-order chi connectivity index (χ0) is 29.1. The number of aromatic nitrogens is 1. The Morgan fingerprint density at radius 2 is 1.52 bits per heavy atom. The molecule has 12 heteroatoms. The summed E-state index contributed by atoms with van der Waals surface area (Å²) in [6.45, 7) is 0. The molecular formula is C28H35N5O5S2. The lowest BCUT2D eigenvalue weighted by molar-refractivity contribution is -0.142. The van der Waals surface area contributed by atoms with Gasteiger partial charge in [0, 0.05) is 35.7 Å². The van der Waals surface area contributed by atoms with Crippen molar-refractivity contribution in [2.24, 2.45) is 5.73 Å². The van der Waals surface area contributed by atoms with Gasteiger partial charge in [0.25, 0.3) is 0 Å². The Labute approximate surface area is 242 Å². The first-order valence-corrected chi connectivity index (χ1v) is 14.8. The van der Waals surface area contributed by atoms with Crippen LogP contribution in [0, 0.1) is 0 Å². The minimum Gasteiger partial charge on any atom is -0.480 e. The lowest BCUT2D eigenvalue weighted by Crippen LogP contribution is -2.58. The normalized spacial score (nSPS) is 14.1. The molecule has 0 radical (unpaired) electrons. The Balaban J connectivity index is 1.75. The summed E-state index contributed by atoms with van der Waals surface area (Å²) in [7, 11) is 0. The number of carbonyl (C=O) groups is 4. The number of aromatic amines is 1. The summed E-state index contributed by atoms with van der Waals surface area (Å²) >= 11 is 5.77. The second kappa shape index (κ2) is 15.3. The van der Waals surface area contributed by atoms with E-state index >= 15 is 0 Å². The number of nitrogens with one attached hydrogen (secondary N) is 4. The van der Waals surface area contributed by atoms with Crippen LogP contribution in [-0.4, -0.2) is 75.7 Å². The van der Waals surface area contributed by atoms with Gasteiger partial charge in [-0.1, -0.05) is 48.5 Å². The molecule has 3 rings (SSSR count). The number of nitrogens with two attached hydrogens (primary N) is 1. The van der Waals surface area contributed by atoms with Gasteiger partial charge < -0.3 is 31.8 Å². The van der Waals surface area contributed by atoms with E-state index in [2.05, 4.69) is 33.6 Å². The van der Waals surface area contributed by atoms with Crippen molar-refractivity contribution in [3.8, 4) is 0 Å². The summed E-state index contributed by atoms with van der Waals surface area (Å²) < 4.78 is 0. The number of thiol groups is 1. The zero-order valence-corrected chi connectivity index (χ0v) is 23.8. The van der Waals surface area contributed by atoms with Crippen molar-refractivity contribution in [1.82, 2.24) is 20.9 Å². The number of hydrogen-bond acceptors (Lipinski definition) is 7. The van der Waals surface area contributed by atoms with E-state index < -0.39 is 47.9 Å². The summed E-state index contributed by atoms with van der Waals surface area (Å²) in [4.78, 5) is 54.3. The SMILES string of the molecule is CSCCC(N)C(=O)NC(Cc1c[nH]c2ccccc12)C(=O)NC(CS)C(=O)NC(Cc1ccccc1)C(=O)O. The van der Waals surface area contributed by atoms with Crippen molar-refractivity contribution in [3.05, 3.63) is 71.9 Å². The number of hydrogen-bond donors (Lipinski definition) is 7. The van der Waals surface area contributed by atoms with Gasteiger partial charge in [0.1, 0.15) is 18.1 Å². The highest BCUT2D eigenvalue weighted by atomic mass is 32.2. The molecule has 1 aromatic heterocycles. The van der Waals surface area contributed by atoms with Crippen LogP contribution in [0.5, 0.6) is 0 Å². The number of rotatable bonds is 15. The standard InChI is InChI=1S/C28H35N5O5S2/c1-40-12-11-20(29)25(34)31-22(14-18-15-30-21-10-6-5-9-19(18)21)26(35)33-24(16-39)27(36)32-23(28(37)38)13-17-7-3-2-4-8-17/h2-10,15,20,22-24,30,39H,11-14,16,29H2,1H3,(H,31,34)(H,32,36)(H,33,35)(H,37,38). The van der Waals surface area contributed by atoms with Crippen LogP contribution >= 0.6 is 24.4 Å². The Hall–Kier alpha value is -3.48. The minimum absolute atomic E-state index is 0.0718. The smallest absolute Gasteiger partial charge is 0.326 e. The van der Waals surface area contributed by atoms with E-state index in [0.29, 0.717) is 12.2 Å². The molecule has 0 bridgehead atoms. The molecule has 0 aliphatic rings. The van der Waals surface area contributed by atoms with Crippen molar-refractivity contribution in [2.45, 2.75) is 43.4 Å². The molecule has 0 aliphatic carbocycles. The Morgan fingerprint density at radius 3 is 2.20 bits per heavy atom. The first-order valence-electron chi connectivity index (χ1n) is 12.8. The summed E-state index contributed by atoms with van der Waals surface area (Å²) in [5, 5.41) is 18.4. The molecule has 2 aromatic carbocycles. The first kappa shape index (κ1) is 31.1. The van der Waals surface area contributed by atoms with Gasteiger partial charge in [-0.25, -0.2) is 4.79 Å². The van der Waals surface area contributed by atoms with Crippen molar-refractivity contribution in [2.75, 3.05) is 17.8 Å². The molecule has 0 fully saturated rings. The van der Waals surface area contributed by atoms with Gasteiger partial charge >= 0.3 is 5.97 Å². The maximum atomic E-state index is 13.5. The molecule has 0 saturated heterocycles. The fourth-order valence-corrected chi connectivity index (χ4v) is 4.92. The molecule has 3 amide bonds. The van der Waals surface area contributed by atoms with Crippen LogP contribution in [0.4, 0.5) is 0 Å². The molecule has 0 spiro atoms. The van der Waals surface area contributed by atoms with Gasteiger partial charge in [-0.05, 0) is 35.6 Å². The van der Waals surface area contributed by atoms with Crippen LogP contribution in [0.25, 0.3) is 10.9 Å². The average Bonchev–Trinajstić information content (AvgIpc) is 3.36. The van der Waals surface area contributed by atoms with Gasteiger partial charge in [0.2, 0.25) is 17.7 Å². The third-order valence-electron chi connectivity index (χ3n) is 6.41. The third-order valence-corrected chi connectivity index (χ3v) is 7.42. The van der Waals surface area contributed by atoms with Crippen LogP contribution in [0.15, 0.2) is 60.8 Å².